The molecule has 1 aromatic carbocycles. The van der Waals surface area contributed by atoms with E-state index >= 15 is 0 Å². The molecule has 0 fully saturated rings. The van der Waals surface area contributed by atoms with Crippen LogP contribution >= 0.6 is 0 Å². The average molecular weight is 430 g/mol. The van der Waals surface area contributed by atoms with Crippen molar-refractivity contribution in [1.82, 2.24) is 0 Å². The van der Waals surface area contributed by atoms with Gasteiger partial charge in [0.15, 0.2) is 5.41 Å². The maximum Gasteiger partial charge on any atom is 0.534 e. The van der Waals surface area contributed by atoms with Crippen LogP contribution in [-0.4, -0.2) is 13.9 Å². The van der Waals surface area contributed by atoms with Gasteiger partial charge in [-0.2, -0.15) is 32.1 Å². The molecule has 152 valence electrons. The van der Waals surface area contributed by atoms with Crippen LogP contribution in [0.1, 0.15) is 17.5 Å². The molecule has 1 unspecified atom stereocenters. The van der Waals surface area contributed by atoms with Crippen LogP contribution in [0, 0.1) is 34.0 Å². The molecule has 0 radical (unpaired) electrons. The molecule has 0 N–H and O–H groups in total. The Bertz CT molecular complexity index is 1240. The third kappa shape index (κ3) is 2.78. The fourth-order valence-electron chi connectivity index (χ4n) is 4.24. The third-order valence-corrected chi connectivity index (χ3v) is 6.46. The number of hydrogen-bond acceptors (Lipinski definition) is 5. The summed E-state index contributed by atoms with van der Waals surface area (Å²) in [6, 6.07) is 8.05. The zero-order valence-electron chi connectivity index (χ0n) is 15.3. The van der Waals surface area contributed by atoms with Gasteiger partial charge in [-0.25, -0.2) is 0 Å². The highest BCUT2D eigenvalue weighted by Crippen LogP contribution is 2.58. The fourth-order valence-corrected chi connectivity index (χ4v) is 4.69. The van der Waals surface area contributed by atoms with Gasteiger partial charge in [-0.1, -0.05) is 36.4 Å². The predicted octanol–water partition coefficient (Wildman–Crippen LogP) is 4.33. The van der Waals surface area contributed by atoms with Gasteiger partial charge in [0, 0.05) is 5.92 Å². The normalized spacial score (nSPS) is 21.5. The summed E-state index contributed by atoms with van der Waals surface area (Å²) in [7, 11) is -5.79. The van der Waals surface area contributed by atoms with Gasteiger partial charge in [-0.15, -0.1) is 0 Å². The molecular weight excluding hydrogens is 417 g/mol. The smallest absolute Gasteiger partial charge is 0.376 e. The first-order chi connectivity index (χ1) is 14.1. The summed E-state index contributed by atoms with van der Waals surface area (Å²) < 4.78 is 64.7. The van der Waals surface area contributed by atoms with Gasteiger partial charge < -0.3 is 4.18 Å². The number of fused-ring (bicyclic) bond motifs is 4. The first-order valence-electron chi connectivity index (χ1n) is 8.90. The lowest BCUT2D eigenvalue weighted by Gasteiger charge is -2.26. The van der Waals surface area contributed by atoms with Crippen LogP contribution in [0.2, 0.25) is 0 Å². The van der Waals surface area contributed by atoms with Crippen LogP contribution in [0.25, 0.3) is 5.57 Å². The van der Waals surface area contributed by atoms with Crippen molar-refractivity contribution in [3.8, 4) is 17.9 Å². The van der Waals surface area contributed by atoms with Crippen molar-refractivity contribution in [2.45, 2.75) is 18.3 Å². The Labute approximate surface area is 170 Å². The van der Waals surface area contributed by atoms with Crippen LogP contribution in [-0.2, 0) is 16.5 Å². The monoisotopic (exact) mass is 430 g/mol. The van der Waals surface area contributed by atoms with E-state index in [1.54, 1.807) is 12.2 Å². The molecule has 1 atom stereocenters. The van der Waals surface area contributed by atoms with E-state index in [1.807, 2.05) is 18.2 Å². The van der Waals surface area contributed by atoms with Crippen molar-refractivity contribution in [2.75, 3.05) is 0 Å². The van der Waals surface area contributed by atoms with Gasteiger partial charge in [0.2, 0.25) is 0 Å². The maximum absolute atomic E-state index is 12.6. The van der Waals surface area contributed by atoms with E-state index in [0.717, 1.165) is 17.2 Å². The van der Waals surface area contributed by atoms with E-state index in [-0.39, 0.29) is 0 Å². The molecule has 0 aliphatic heterocycles. The lowest BCUT2D eigenvalue weighted by Crippen LogP contribution is -2.28. The predicted molar refractivity (Wildman–Crippen MR) is 101 cm³/mol. The first-order valence-corrected chi connectivity index (χ1v) is 10.3. The van der Waals surface area contributed by atoms with Gasteiger partial charge >= 0.3 is 15.6 Å². The molecule has 5 nitrogen and oxygen atoms in total. The molecular formula is C21H13F3N2O3S. The maximum atomic E-state index is 12.6. The van der Waals surface area contributed by atoms with Crippen molar-refractivity contribution < 1.29 is 25.8 Å². The molecule has 0 spiro atoms. The number of benzene rings is 1. The molecule has 0 saturated carbocycles. The van der Waals surface area contributed by atoms with Crippen LogP contribution in [0.3, 0.4) is 0 Å². The Kier molecular flexibility index (Phi) is 4.41. The Balaban J connectivity index is 1.85. The van der Waals surface area contributed by atoms with Gasteiger partial charge in [-0.3, -0.25) is 0 Å². The minimum absolute atomic E-state index is 0.405. The standard InChI is InChI=1S/C21H13F3N2O3S/c22-21(23,24)30(27,28)29-14-7-9-15-13(10-14)6-8-17-16-4-2-1-3-5-18(16)20(11-25,12-26)19(15)17/h1-5,7,9-10,18H,6,8H2. The molecule has 9 heteroatoms. The molecule has 1 aromatic rings. The van der Waals surface area contributed by atoms with Crippen molar-refractivity contribution >= 4 is 15.7 Å². The van der Waals surface area contributed by atoms with Crippen molar-refractivity contribution in [3.05, 3.63) is 70.9 Å². The Hall–Kier alpha value is -3.30. The fraction of sp³-hybridized carbons (Fsp3) is 0.238. The minimum atomic E-state index is -5.79. The van der Waals surface area contributed by atoms with Gasteiger partial charge in [0.1, 0.15) is 5.75 Å². The lowest BCUT2D eigenvalue weighted by atomic mass is 9.71. The second-order valence-corrected chi connectivity index (χ2v) is 8.59. The van der Waals surface area contributed by atoms with Crippen molar-refractivity contribution in [2.24, 2.45) is 11.3 Å². The summed E-state index contributed by atoms with van der Waals surface area (Å²) in [6.45, 7) is 0. The Morgan fingerprint density at radius 2 is 1.83 bits per heavy atom. The van der Waals surface area contributed by atoms with Gasteiger partial charge in [-0.05, 0) is 52.8 Å². The minimum Gasteiger partial charge on any atom is -0.376 e. The number of rotatable bonds is 2. The zero-order chi connectivity index (χ0) is 21.7. The second kappa shape index (κ2) is 6.61. The molecule has 4 rings (SSSR count). The van der Waals surface area contributed by atoms with Crippen LogP contribution in [0.15, 0.2) is 59.7 Å². The third-order valence-electron chi connectivity index (χ3n) is 5.48. The Morgan fingerprint density at radius 3 is 2.50 bits per heavy atom. The second-order valence-electron chi connectivity index (χ2n) is 7.06. The molecule has 0 bridgehead atoms. The largest absolute Gasteiger partial charge is 0.534 e. The average Bonchev–Trinajstić information content (AvgIpc) is 2.82. The molecule has 0 amide bonds. The summed E-state index contributed by atoms with van der Waals surface area (Å²) in [4.78, 5) is 0. The Morgan fingerprint density at radius 1 is 1.10 bits per heavy atom. The molecule has 0 heterocycles. The van der Waals surface area contributed by atoms with E-state index in [2.05, 4.69) is 16.3 Å². The van der Waals surface area contributed by atoms with Crippen LogP contribution < -0.4 is 4.18 Å². The van der Waals surface area contributed by atoms with E-state index in [0.29, 0.717) is 29.5 Å². The van der Waals surface area contributed by atoms with Gasteiger partial charge in [0.25, 0.3) is 0 Å². The number of hydrogen-bond donors (Lipinski definition) is 0. The SMILES string of the molecule is N#CC1(C#N)C2=C(CCc3cc(OS(=O)(=O)C(F)(F)F)ccc32)C2=CC=CC=CC21. The number of nitrogens with zero attached hydrogens (tertiary/aromatic N) is 2. The first kappa shape index (κ1) is 20.0. The molecule has 0 saturated heterocycles. The summed E-state index contributed by atoms with van der Waals surface area (Å²) >= 11 is 0. The zero-order valence-corrected chi connectivity index (χ0v) is 16.1. The number of aryl methyl sites for hydroxylation is 1. The highest BCUT2D eigenvalue weighted by Gasteiger charge is 2.53. The molecule has 3 aliphatic rings. The van der Waals surface area contributed by atoms with Crippen molar-refractivity contribution in [1.29, 1.82) is 10.5 Å². The highest BCUT2D eigenvalue weighted by molar-refractivity contribution is 7.88. The number of alkyl halides is 3. The molecule has 3 aliphatic carbocycles. The lowest BCUT2D eigenvalue weighted by molar-refractivity contribution is -0.0500. The molecule has 0 aromatic heterocycles. The van der Waals surface area contributed by atoms with Crippen molar-refractivity contribution in [3.63, 3.8) is 0 Å². The number of allylic oxidation sites excluding steroid dienone is 8. The van der Waals surface area contributed by atoms with E-state index < -0.39 is 32.7 Å². The quantitative estimate of drug-likeness (QED) is 0.515. The highest BCUT2D eigenvalue weighted by atomic mass is 32.2. The van der Waals surface area contributed by atoms with Crippen LogP contribution in [0.5, 0.6) is 5.75 Å². The molecule has 30 heavy (non-hydrogen) atoms. The summed E-state index contributed by atoms with van der Waals surface area (Å²) in [5, 5.41) is 20.0. The summed E-state index contributed by atoms with van der Waals surface area (Å²) in [5.74, 6) is -0.941. The van der Waals surface area contributed by atoms with Crippen LogP contribution in [0.4, 0.5) is 13.2 Å². The number of halogens is 3. The summed E-state index contributed by atoms with van der Waals surface area (Å²) in [6.07, 6.45) is 9.95. The summed E-state index contributed by atoms with van der Waals surface area (Å²) in [5.41, 5.74) is -3.71. The van der Waals surface area contributed by atoms with E-state index in [1.165, 1.54) is 12.1 Å². The van der Waals surface area contributed by atoms with E-state index in [9.17, 15) is 32.1 Å². The topological polar surface area (TPSA) is 90.9 Å². The number of nitriles is 2. The van der Waals surface area contributed by atoms with E-state index in [4.69, 9.17) is 0 Å². The van der Waals surface area contributed by atoms with Gasteiger partial charge in [0.05, 0.1) is 12.1 Å².